The van der Waals surface area contributed by atoms with E-state index >= 15 is 0 Å². The van der Waals surface area contributed by atoms with Gasteiger partial charge in [-0.05, 0) is 62.3 Å². The molecule has 0 bridgehead atoms. The molecular formula is C22H26N4O. The first kappa shape index (κ1) is 15.7. The first-order valence-electron chi connectivity index (χ1n) is 10.5. The van der Waals surface area contributed by atoms with Crippen LogP contribution in [-0.2, 0) is 10.3 Å². The summed E-state index contributed by atoms with van der Waals surface area (Å²) in [6, 6.07) is 8.64. The van der Waals surface area contributed by atoms with Crippen LogP contribution >= 0.6 is 0 Å². The van der Waals surface area contributed by atoms with Gasteiger partial charge in [-0.1, -0.05) is 6.42 Å². The normalized spacial score (nSPS) is 26.8. The summed E-state index contributed by atoms with van der Waals surface area (Å²) in [6.45, 7) is 2.76. The van der Waals surface area contributed by atoms with Crippen molar-refractivity contribution in [3.63, 3.8) is 0 Å². The zero-order valence-corrected chi connectivity index (χ0v) is 15.7. The van der Waals surface area contributed by atoms with Crippen molar-refractivity contribution in [2.75, 3.05) is 24.5 Å². The van der Waals surface area contributed by atoms with Crippen molar-refractivity contribution in [3.8, 4) is 5.82 Å². The van der Waals surface area contributed by atoms with Crippen LogP contribution in [-0.4, -0.2) is 40.0 Å². The van der Waals surface area contributed by atoms with Gasteiger partial charge in [-0.2, -0.15) is 0 Å². The van der Waals surface area contributed by atoms with E-state index in [1.165, 1.54) is 30.6 Å². The van der Waals surface area contributed by atoms with E-state index in [4.69, 9.17) is 4.98 Å². The number of anilines is 1. The lowest BCUT2D eigenvalue weighted by atomic mass is 9.84. The number of hydrogen-bond acceptors (Lipinski definition) is 3. The largest absolute Gasteiger partial charge is 0.355 e. The van der Waals surface area contributed by atoms with Gasteiger partial charge in [-0.25, -0.2) is 4.98 Å². The minimum atomic E-state index is -0.110. The summed E-state index contributed by atoms with van der Waals surface area (Å²) in [7, 11) is 0. The number of amides is 1. The summed E-state index contributed by atoms with van der Waals surface area (Å²) in [5.41, 5.74) is 2.42. The Kier molecular flexibility index (Phi) is 3.26. The fraction of sp³-hybridized carbons (Fsp3) is 0.545. The number of fused-ring (bicyclic) bond motifs is 4. The van der Waals surface area contributed by atoms with Gasteiger partial charge in [0.1, 0.15) is 5.54 Å². The van der Waals surface area contributed by atoms with Gasteiger partial charge in [0.15, 0.2) is 5.82 Å². The highest BCUT2D eigenvalue weighted by Crippen LogP contribution is 2.49. The molecule has 2 aliphatic heterocycles. The minimum Gasteiger partial charge on any atom is -0.355 e. The van der Waals surface area contributed by atoms with Crippen molar-refractivity contribution < 1.29 is 4.79 Å². The van der Waals surface area contributed by atoms with E-state index < -0.39 is 0 Å². The molecule has 0 unspecified atom stereocenters. The van der Waals surface area contributed by atoms with Crippen molar-refractivity contribution in [3.05, 3.63) is 42.4 Å². The van der Waals surface area contributed by atoms with Gasteiger partial charge >= 0.3 is 0 Å². The van der Waals surface area contributed by atoms with Crippen LogP contribution in [0.3, 0.4) is 0 Å². The molecule has 1 spiro atoms. The molecular weight excluding hydrogens is 336 g/mol. The highest BCUT2D eigenvalue weighted by atomic mass is 16.2. The van der Waals surface area contributed by atoms with Gasteiger partial charge in [0.25, 0.3) is 0 Å². The summed E-state index contributed by atoms with van der Waals surface area (Å²) in [6.07, 6.45) is 11.1. The molecule has 4 heterocycles. The Morgan fingerprint density at radius 2 is 2.07 bits per heavy atom. The van der Waals surface area contributed by atoms with Crippen molar-refractivity contribution >= 4 is 11.6 Å². The molecule has 4 aliphatic rings. The van der Waals surface area contributed by atoms with E-state index in [9.17, 15) is 4.79 Å². The zero-order valence-electron chi connectivity index (χ0n) is 15.7. The average molecular weight is 362 g/mol. The van der Waals surface area contributed by atoms with Crippen LogP contribution in [0.2, 0.25) is 0 Å². The van der Waals surface area contributed by atoms with Crippen molar-refractivity contribution in [2.45, 2.75) is 44.1 Å². The Labute approximate surface area is 160 Å². The second-order valence-corrected chi connectivity index (χ2v) is 8.83. The third-order valence-corrected chi connectivity index (χ3v) is 7.18. The topological polar surface area (TPSA) is 41.4 Å². The number of hydrogen-bond donors (Lipinski definition) is 0. The van der Waals surface area contributed by atoms with Crippen LogP contribution in [0.25, 0.3) is 5.82 Å². The number of nitrogens with zero attached hydrogens (tertiary/aromatic N) is 4. The Bertz CT molecular complexity index is 897. The SMILES string of the molecule is O=C(C1CCC1)N1CC[C@@]2(C1)c1cccn1-c1ncccc1N2CC1CC1. The molecule has 2 aliphatic carbocycles. The van der Waals surface area contributed by atoms with Gasteiger partial charge < -0.3 is 14.4 Å². The molecule has 0 radical (unpaired) electrons. The molecule has 3 fully saturated rings. The van der Waals surface area contributed by atoms with Gasteiger partial charge in [0.05, 0.1) is 11.4 Å². The van der Waals surface area contributed by atoms with Crippen LogP contribution in [0.4, 0.5) is 5.69 Å². The number of aromatic nitrogens is 2. The molecule has 2 aromatic heterocycles. The highest BCUT2D eigenvalue weighted by molar-refractivity contribution is 5.80. The maximum Gasteiger partial charge on any atom is 0.225 e. The average Bonchev–Trinajstić information content (AvgIpc) is 3.15. The third kappa shape index (κ3) is 2.23. The molecule has 27 heavy (non-hydrogen) atoms. The number of likely N-dealkylation sites (tertiary alicyclic amines) is 1. The number of rotatable bonds is 3. The number of carbonyl (C=O) groups is 1. The molecule has 2 aromatic rings. The Hall–Kier alpha value is -2.30. The summed E-state index contributed by atoms with van der Waals surface area (Å²) in [5, 5.41) is 0. The highest BCUT2D eigenvalue weighted by Gasteiger charge is 2.52. The summed E-state index contributed by atoms with van der Waals surface area (Å²) in [4.78, 5) is 22.5. The Morgan fingerprint density at radius 1 is 1.19 bits per heavy atom. The number of pyridine rings is 1. The molecule has 0 aromatic carbocycles. The van der Waals surface area contributed by atoms with Crippen LogP contribution in [0, 0.1) is 11.8 Å². The maximum atomic E-state index is 13.0. The molecule has 6 rings (SSSR count). The summed E-state index contributed by atoms with van der Waals surface area (Å²) >= 11 is 0. The lowest BCUT2D eigenvalue weighted by Gasteiger charge is -2.47. The van der Waals surface area contributed by atoms with E-state index in [-0.39, 0.29) is 11.5 Å². The van der Waals surface area contributed by atoms with Crippen molar-refractivity contribution in [1.82, 2.24) is 14.5 Å². The van der Waals surface area contributed by atoms with E-state index in [1.54, 1.807) is 0 Å². The lowest BCUT2D eigenvalue weighted by molar-refractivity contribution is -0.137. The predicted octanol–water partition coefficient (Wildman–Crippen LogP) is 3.33. The van der Waals surface area contributed by atoms with E-state index in [0.717, 1.165) is 50.6 Å². The van der Waals surface area contributed by atoms with Gasteiger partial charge in [0, 0.05) is 37.9 Å². The van der Waals surface area contributed by atoms with Crippen LogP contribution in [0.1, 0.15) is 44.2 Å². The van der Waals surface area contributed by atoms with Crippen molar-refractivity contribution in [2.24, 2.45) is 11.8 Å². The van der Waals surface area contributed by atoms with Gasteiger partial charge in [0.2, 0.25) is 5.91 Å². The van der Waals surface area contributed by atoms with Crippen LogP contribution in [0.5, 0.6) is 0 Å². The van der Waals surface area contributed by atoms with Gasteiger partial charge in [-0.3, -0.25) is 4.79 Å². The monoisotopic (exact) mass is 362 g/mol. The van der Waals surface area contributed by atoms with E-state index in [0.29, 0.717) is 5.91 Å². The van der Waals surface area contributed by atoms with Gasteiger partial charge in [-0.15, -0.1) is 0 Å². The fourth-order valence-electron chi connectivity index (χ4n) is 5.25. The standard InChI is InChI=1S/C22H26N4O/c27-21(17-4-1-5-17)24-13-10-22(15-24)19-7-3-12-25(19)20-18(6-2-11-23-20)26(22)14-16-8-9-16/h2-3,6-7,11-12,16-17H,1,4-5,8-10,13-15H2/t22-/m1/s1. The predicted molar refractivity (Wildman–Crippen MR) is 104 cm³/mol. The maximum absolute atomic E-state index is 13.0. The Morgan fingerprint density at radius 3 is 2.85 bits per heavy atom. The Balaban J connectivity index is 1.44. The second-order valence-electron chi connectivity index (χ2n) is 8.83. The van der Waals surface area contributed by atoms with E-state index in [1.807, 2.05) is 12.3 Å². The minimum absolute atomic E-state index is 0.110. The second kappa shape index (κ2) is 5.60. The first-order valence-corrected chi connectivity index (χ1v) is 10.5. The number of carbonyl (C=O) groups excluding carboxylic acids is 1. The molecule has 5 nitrogen and oxygen atoms in total. The first-order chi connectivity index (χ1) is 13.3. The molecule has 140 valence electrons. The zero-order chi connectivity index (χ0) is 18.0. The fourth-order valence-corrected chi connectivity index (χ4v) is 5.25. The molecule has 5 heteroatoms. The summed E-state index contributed by atoms with van der Waals surface area (Å²) in [5.74, 6) is 2.49. The third-order valence-electron chi connectivity index (χ3n) is 7.18. The molecule has 1 amide bonds. The molecule has 1 atom stereocenters. The molecule has 2 saturated carbocycles. The quantitative estimate of drug-likeness (QED) is 0.841. The lowest BCUT2D eigenvalue weighted by Crippen LogP contribution is -2.54. The molecule has 0 N–H and O–H groups in total. The van der Waals surface area contributed by atoms with Crippen LogP contribution in [0.15, 0.2) is 36.7 Å². The molecule has 1 saturated heterocycles. The van der Waals surface area contributed by atoms with Crippen molar-refractivity contribution in [1.29, 1.82) is 0 Å². The van der Waals surface area contributed by atoms with Crippen LogP contribution < -0.4 is 4.90 Å². The van der Waals surface area contributed by atoms with E-state index in [2.05, 4.69) is 38.8 Å². The summed E-state index contributed by atoms with van der Waals surface area (Å²) < 4.78 is 2.26. The smallest absolute Gasteiger partial charge is 0.225 e.